The second-order valence-electron chi connectivity index (χ2n) is 9.59. The molecule has 2 aliphatic rings. The number of anilines is 1. The number of fused-ring (bicyclic) bond motifs is 1. The van der Waals surface area contributed by atoms with Crippen molar-refractivity contribution in [2.24, 2.45) is 11.1 Å². The van der Waals surface area contributed by atoms with Gasteiger partial charge < -0.3 is 15.2 Å². The maximum absolute atomic E-state index is 15.0. The van der Waals surface area contributed by atoms with Crippen molar-refractivity contribution in [3.8, 4) is 0 Å². The number of hydrogen-bond acceptors (Lipinski definition) is 10. The monoisotopic (exact) mass is 596 g/mol. The second-order valence-corrected chi connectivity index (χ2v) is 12.5. The molecule has 0 bridgehead atoms. The molecule has 4 atom stereocenters. The minimum absolute atomic E-state index is 0.0149. The standard InChI is InChI=1S/C25H26ClFN4O6S2/c1-12-16(24-21-13(4-5-36-24)2-3-18(26)22(21)27)8-20(38-12)23(33)17-9-29-11-30-25(17)31-15-6-14(19(32)7-15)10-37-39(28,34)35/h2-3,8-9,11,14-15,19,24,32H,4-7,10H2,1H3,(H2,28,34,35)(H,29,30,31)/t14-,15-,19+,24-/m1/s1. The number of aliphatic hydroxyl groups excluding tert-OH is 1. The summed E-state index contributed by atoms with van der Waals surface area (Å²) in [6.45, 7) is 2.01. The van der Waals surface area contributed by atoms with E-state index in [1.165, 1.54) is 29.9 Å². The van der Waals surface area contributed by atoms with Crippen molar-refractivity contribution >= 4 is 44.8 Å². The van der Waals surface area contributed by atoms with Gasteiger partial charge in [-0.15, -0.1) is 11.3 Å². The van der Waals surface area contributed by atoms with Crippen LogP contribution in [0, 0.1) is 18.7 Å². The van der Waals surface area contributed by atoms with E-state index in [4.69, 9.17) is 21.5 Å². The van der Waals surface area contributed by atoms with Gasteiger partial charge in [-0.2, -0.15) is 8.42 Å². The van der Waals surface area contributed by atoms with Gasteiger partial charge in [0.15, 0.2) is 0 Å². The number of aliphatic hydroxyl groups is 1. The smallest absolute Gasteiger partial charge is 0.333 e. The van der Waals surface area contributed by atoms with Crippen molar-refractivity contribution in [3.05, 3.63) is 73.6 Å². The molecule has 4 N–H and O–H groups in total. The van der Waals surface area contributed by atoms with E-state index in [0.717, 1.165) is 10.4 Å². The summed E-state index contributed by atoms with van der Waals surface area (Å²) in [4.78, 5) is 23.1. The molecule has 14 heteroatoms. The highest BCUT2D eigenvalue weighted by atomic mass is 35.5. The Balaban J connectivity index is 1.37. The Kier molecular flexibility index (Phi) is 8.02. The number of nitrogens with zero attached hydrogens (tertiary/aromatic N) is 2. The lowest BCUT2D eigenvalue weighted by molar-refractivity contribution is 0.0668. The fourth-order valence-electron chi connectivity index (χ4n) is 5.11. The number of halogens is 2. The number of carbonyl (C=O) groups excluding carboxylic acids is 1. The summed E-state index contributed by atoms with van der Waals surface area (Å²) < 4.78 is 47.9. The van der Waals surface area contributed by atoms with Gasteiger partial charge >= 0.3 is 10.3 Å². The van der Waals surface area contributed by atoms with Crippen molar-refractivity contribution in [3.63, 3.8) is 0 Å². The van der Waals surface area contributed by atoms with E-state index in [2.05, 4.69) is 19.5 Å². The summed E-state index contributed by atoms with van der Waals surface area (Å²) in [6, 6.07) is 4.75. The molecule has 0 saturated heterocycles. The maximum Gasteiger partial charge on any atom is 0.333 e. The van der Waals surface area contributed by atoms with Gasteiger partial charge in [0.05, 0.1) is 34.8 Å². The van der Waals surface area contributed by atoms with Gasteiger partial charge in [0.1, 0.15) is 24.1 Å². The Hall–Kier alpha value is -2.52. The molecule has 1 fully saturated rings. The summed E-state index contributed by atoms with van der Waals surface area (Å²) in [5, 5.41) is 18.4. The SMILES string of the molecule is Cc1sc(C(=O)c2cncnc2N[C@@H]2C[C@H](COS(N)(=O)=O)[C@@H](O)C2)cc1[C@H]1OCCc2ccc(Cl)c(F)c21. The molecule has 1 saturated carbocycles. The zero-order valence-corrected chi connectivity index (χ0v) is 23.2. The van der Waals surface area contributed by atoms with E-state index in [-0.39, 0.29) is 34.8 Å². The fraction of sp³-hybridized carbons (Fsp3) is 0.400. The number of aromatic nitrogens is 2. The predicted octanol–water partition coefficient (Wildman–Crippen LogP) is 3.30. The Labute approximate surface area is 233 Å². The zero-order valence-electron chi connectivity index (χ0n) is 20.8. The van der Waals surface area contributed by atoms with Gasteiger partial charge in [-0.1, -0.05) is 17.7 Å². The number of nitrogens with two attached hydrogens (primary N) is 1. The van der Waals surface area contributed by atoms with Crippen molar-refractivity contribution < 1.29 is 31.6 Å². The number of thiophene rings is 1. The van der Waals surface area contributed by atoms with Crippen LogP contribution >= 0.6 is 22.9 Å². The summed E-state index contributed by atoms with van der Waals surface area (Å²) in [6.07, 6.45) is 2.44. The Bertz CT molecular complexity index is 1520. The maximum atomic E-state index is 15.0. The highest BCUT2D eigenvalue weighted by Crippen LogP contribution is 2.41. The van der Waals surface area contributed by atoms with Crippen molar-refractivity contribution in [2.75, 3.05) is 18.5 Å². The van der Waals surface area contributed by atoms with E-state index in [9.17, 15) is 18.3 Å². The minimum Gasteiger partial charge on any atom is -0.393 e. The first-order valence-corrected chi connectivity index (χ1v) is 14.8. The molecule has 3 heterocycles. The predicted molar refractivity (Wildman–Crippen MR) is 143 cm³/mol. The largest absolute Gasteiger partial charge is 0.393 e. The number of aryl methyl sites for hydroxylation is 1. The van der Waals surface area contributed by atoms with Crippen LogP contribution in [0.4, 0.5) is 10.2 Å². The summed E-state index contributed by atoms with van der Waals surface area (Å²) in [7, 11) is -4.12. The average Bonchev–Trinajstić information content (AvgIpc) is 3.45. The summed E-state index contributed by atoms with van der Waals surface area (Å²) in [5.41, 5.74) is 2.12. The number of carbonyl (C=O) groups is 1. The van der Waals surface area contributed by atoms with Crippen LogP contribution in [0.3, 0.4) is 0 Å². The van der Waals surface area contributed by atoms with Gasteiger partial charge in [-0.05, 0) is 49.4 Å². The van der Waals surface area contributed by atoms with Gasteiger partial charge in [0, 0.05) is 28.6 Å². The molecule has 2 aromatic heterocycles. The number of hydrogen-bond donors (Lipinski definition) is 3. The molecule has 1 aromatic carbocycles. The molecule has 10 nitrogen and oxygen atoms in total. The van der Waals surface area contributed by atoms with Gasteiger partial charge in [-0.3, -0.25) is 8.98 Å². The van der Waals surface area contributed by atoms with E-state index >= 15 is 4.39 Å². The van der Waals surface area contributed by atoms with Crippen LogP contribution in [0.1, 0.15) is 55.7 Å². The summed E-state index contributed by atoms with van der Waals surface area (Å²) in [5.74, 6) is -1.03. The van der Waals surface area contributed by atoms with E-state index in [1.54, 1.807) is 12.1 Å². The van der Waals surface area contributed by atoms with Crippen LogP contribution in [0.25, 0.3) is 0 Å². The van der Waals surface area contributed by atoms with Crippen LogP contribution in [0.5, 0.6) is 0 Å². The molecule has 3 aromatic rings. The van der Waals surface area contributed by atoms with E-state index < -0.39 is 34.2 Å². The number of benzene rings is 1. The quantitative estimate of drug-likeness (QED) is 0.332. The lowest BCUT2D eigenvalue weighted by atomic mass is 9.92. The Morgan fingerprint density at radius 1 is 1.38 bits per heavy atom. The molecule has 0 unspecified atom stereocenters. The second kappa shape index (κ2) is 11.2. The van der Waals surface area contributed by atoms with Crippen molar-refractivity contribution in [2.45, 2.75) is 44.4 Å². The molecule has 0 spiro atoms. The van der Waals surface area contributed by atoms with E-state index in [1.807, 2.05) is 6.92 Å². The normalized spacial score (nSPS) is 23.0. The van der Waals surface area contributed by atoms with Gasteiger partial charge in [0.25, 0.3) is 0 Å². The highest BCUT2D eigenvalue weighted by molar-refractivity contribution is 7.84. The molecule has 0 radical (unpaired) electrons. The number of ether oxygens (including phenoxy) is 1. The van der Waals surface area contributed by atoms with E-state index in [0.29, 0.717) is 41.9 Å². The fourth-order valence-corrected chi connectivity index (χ4v) is 6.64. The number of nitrogens with one attached hydrogen (secondary N) is 1. The zero-order chi connectivity index (χ0) is 27.9. The van der Waals surface area contributed by atoms with Crippen LogP contribution in [-0.2, 0) is 25.6 Å². The molecule has 39 heavy (non-hydrogen) atoms. The molecule has 0 amide bonds. The third-order valence-corrected chi connectivity index (χ3v) is 8.83. The molecule has 208 valence electrons. The topological polar surface area (TPSA) is 154 Å². The number of rotatable bonds is 8. The first kappa shape index (κ1) is 28.0. The van der Waals surface area contributed by atoms with Crippen LogP contribution in [0.15, 0.2) is 30.7 Å². The average molecular weight is 597 g/mol. The van der Waals surface area contributed by atoms with Crippen LogP contribution < -0.4 is 10.5 Å². The van der Waals surface area contributed by atoms with Crippen molar-refractivity contribution in [1.82, 2.24) is 9.97 Å². The number of ketones is 1. The highest BCUT2D eigenvalue weighted by Gasteiger charge is 2.35. The summed E-state index contributed by atoms with van der Waals surface area (Å²) >= 11 is 7.32. The first-order valence-electron chi connectivity index (χ1n) is 12.2. The first-order chi connectivity index (χ1) is 18.5. The third-order valence-electron chi connectivity index (χ3n) is 7.01. The molecule has 5 rings (SSSR count). The molecular formula is C25H26ClFN4O6S2. The Morgan fingerprint density at radius 3 is 2.95 bits per heavy atom. The van der Waals surface area contributed by atoms with Crippen LogP contribution in [0.2, 0.25) is 5.02 Å². The lowest BCUT2D eigenvalue weighted by Gasteiger charge is -2.27. The molecule has 1 aliphatic heterocycles. The molecule has 1 aliphatic carbocycles. The van der Waals surface area contributed by atoms with Gasteiger partial charge in [-0.25, -0.2) is 19.5 Å². The molecular weight excluding hydrogens is 571 g/mol. The minimum atomic E-state index is -4.12. The van der Waals surface area contributed by atoms with Crippen LogP contribution in [-0.4, -0.2) is 54.6 Å². The Morgan fingerprint density at radius 2 is 2.18 bits per heavy atom. The van der Waals surface area contributed by atoms with Crippen molar-refractivity contribution in [1.29, 1.82) is 0 Å². The third kappa shape index (κ3) is 5.99. The lowest BCUT2D eigenvalue weighted by Crippen LogP contribution is -2.24. The van der Waals surface area contributed by atoms with Gasteiger partial charge in [0.2, 0.25) is 5.78 Å².